The largest absolute Gasteiger partial charge is 0.496 e. The van der Waals surface area contributed by atoms with Gasteiger partial charge < -0.3 is 25.8 Å². The summed E-state index contributed by atoms with van der Waals surface area (Å²) in [6.07, 6.45) is 1.87. The predicted octanol–water partition coefficient (Wildman–Crippen LogP) is 3.47. The Balaban J connectivity index is 1.44. The monoisotopic (exact) mass is 519 g/mol. The van der Waals surface area contributed by atoms with Crippen molar-refractivity contribution in [3.8, 4) is 17.0 Å². The fraction of sp³-hybridized carbons (Fsp3) is 0.269. The fourth-order valence-electron chi connectivity index (χ4n) is 4.74. The molecular weight excluding hydrogens is 493 g/mol. The maximum Gasteiger partial charge on any atom is 0.407 e. The van der Waals surface area contributed by atoms with Crippen LogP contribution in [0, 0.1) is 5.82 Å². The van der Waals surface area contributed by atoms with Gasteiger partial charge in [-0.1, -0.05) is 18.2 Å². The number of rotatable bonds is 6. The lowest BCUT2D eigenvalue weighted by atomic mass is 10.1. The molecule has 2 aromatic heterocycles. The van der Waals surface area contributed by atoms with Gasteiger partial charge in [0.25, 0.3) is 5.91 Å². The van der Waals surface area contributed by atoms with E-state index in [2.05, 4.69) is 15.3 Å². The topological polar surface area (TPSA) is 148 Å². The van der Waals surface area contributed by atoms with Crippen molar-refractivity contribution in [2.45, 2.75) is 25.4 Å². The van der Waals surface area contributed by atoms with Crippen LogP contribution < -0.4 is 15.8 Å². The van der Waals surface area contributed by atoms with Gasteiger partial charge >= 0.3 is 6.09 Å². The van der Waals surface area contributed by atoms with E-state index < -0.39 is 17.8 Å². The number of nitrogen functional groups attached to an aromatic ring is 1. The molecule has 0 radical (unpaired) electrons. The fourth-order valence-corrected chi connectivity index (χ4v) is 4.74. The quantitative estimate of drug-likeness (QED) is 0.351. The first-order chi connectivity index (χ1) is 18.4. The van der Waals surface area contributed by atoms with Crippen molar-refractivity contribution in [3.63, 3.8) is 0 Å². The second-order valence-corrected chi connectivity index (χ2v) is 9.00. The molecule has 11 nitrogen and oxygen atoms in total. The number of anilines is 1. The van der Waals surface area contributed by atoms with E-state index >= 15 is 0 Å². The Morgan fingerprint density at radius 3 is 2.87 bits per heavy atom. The van der Waals surface area contributed by atoms with Gasteiger partial charge in [-0.25, -0.2) is 23.8 Å². The second-order valence-electron chi connectivity index (χ2n) is 9.00. The number of carbonyl (C=O) groups is 2. The summed E-state index contributed by atoms with van der Waals surface area (Å²) in [6.45, 7) is 0.981. The van der Waals surface area contributed by atoms with E-state index in [1.54, 1.807) is 4.68 Å². The number of likely N-dealkylation sites (tertiary alicyclic amines) is 1. The lowest BCUT2D eigenvalue weighted by Crippen LogP contribution is -2.40. The molecule has 3 heterocycles. The molecule has 4 N–H and O–H groups in total. The van der Waals surface area contributed by atoms with Crippen LogP contribution in [0.3, 0.4) is 0 Å². The van der Waals surface area contributed by atoms with E-state index in [4.69, 9.17) is 15.6 Å². The summed E-state index contributed by atoms with van der Waals surface area (Å²) in [6, 6.07) is 11.0. The number of carboxylic acid groups (broad SMARTS) is 1. The molecular formula is C26H26FN7O4. The van der Waals surface area contributed by atoms with Gasteiger partial charge in [-0.3, -0.25) is 4.79 Å². The van der Waals surface area contributed by atoms with E-state index in [9.17, 15) is 19.1 Å². The van der Waals surface area contributed by atoms with E-state index in [-0.39, 0.29) is 29.7 Å². The third-order valence-corrected chi connectivity index (χ3v) is 6.59. The Morgan fingerprint density at radius 2 is 2.08 bits per heavy atom. The number of nitrogens with zero attached hydrogens (tertiary/aromatic N) is 5. The Kier molecular flexibility index (Phi) is 6.77. The molecule has 1 saturated heterocycles. The van der Waals surface area contributed by atoms with Crippen LogP contribution in [0.1, 0.15) is 34.8 Å². The number of piperidine rings is 1. The van der Waals surface area contributed by atoms with Crippen LogP contribution in [0.2, 0.25) is 0 Å². The number of nitrogens with one attached hydrogen (secondary N) is 1. The Labute approximate surface area is 217 Å². The van der Waals surface area contributed by atoms with Crippen molar-refractivity contribution in [1.29, 1.82) is 0 Å². The van der Waals surface area contributed by atoms with Gasteiger partial charge in [-0.2, -0.15) is 5.10 Å². The third kappa shape index (κ3) is 4.80. The summed E-state index contributed by atoms with van der Waals surface area (Å²) in [7, 11) is 1.38. The van der Waals surface area contributed by atoms with Gasteiger partial charge in [-0.05, 0) is 36.6 Å². The van der Waals surface area contributed by atoms with Gasteiger partial charge in [0.15, 0.2) is 5.65 Å². The maximum atomic E-state index is 13.5. The van der Waals surface area contributed by atoms with Crippen molar-refractivity contribution >= 4 is 28.9 Å². The first kappa shape index (κ1) is 24.9. The Morgan fingerprint density at radius 1 is 1.24 bits per heavy atom. The number of nitrogens with two attached hydrogens (primary N) is 1. The highest BCUT2D eigenvalue weighted by Gasteiger charge is 2.28. The minimum atomic E-state index is -0.964. The SMILES string of the molecule is COc1cc(F)ccc1C(=O)NCc1cccc(-c2nn([C@@H]3CCCN(C(=O)O)C3)c3ncnc(N)c23)c1. The van der Waals surface area contributed by atoms with Crippen molar-refractivity contribution in [1.82, 2.24) is 30.0 Å². The molecule has 38 heavy (non-hydrogen) atoms. The van der Waals surface area contributed by atoms with Crippen molar-refractivity contribution in [3.05, 3.63) is 65.7 Å². The molecule has 0 spiro atoms. The molecule has 196 valence electrons. The molecule has 1 atom stereocenters. The number of hydrogen-bond acceptors (Lipinski definition) is 7. The summed E-state index contributed by atoms with van der Waals surface area (Å²) in [4.78, 5) is 34.2. The first-order valence-corrected chi connectivity index (χ1v) is 12.0. The lowest BCUT2D eigenvalue weighted by molar-refractivity contribution is 0.0947. The smallest absolute Gasteiger partial charge is 0.407 e. The number of aromatic nitrogens is 4. The molecule has 0 unspecified atom stereocenters. The first-order valence-electron chi connectivity index (χ1n) is 12.0. The standard InChI is InChI=1S/C26H26FN7O4/c1-38-20-11-17(27)7-8-19(20)25(35)29-12-15-4-2-5-16(10-15)22-21-23(28)30-14-31-24(21)34(32-22)18-6-3-9-33(13-18)26(36)37/h2,4-5,7-8,10-11,14,18H,3,6,9,12-13H2,1H3,(H,29,35)(H,36,37)(H2,28,30,31)/t18-/m1/s1. The normalized spacial score (nSPS) is 15.4. The second kappa shape index (κ2) is 10.3. The predicted molar refractivity (Wildman–Crippen MR) is 137 cm³/mol. The van der Waals surface area contributed by atoms with Crippen LogP contribution in [0.25, 0.3) is 22.3 Å². The van der Waals surface area contributed by atoms with E-state index in [0.717, 1.165) is 23.6 Å². The van der Waals surface area contributed by atoms with Crippen LogP contribution in [0.15, 0.2) is 48.8 Å². The average Bonchev–Trinajstić information content (AvgIpc) is 3.33. The number of carbonyl (C=O) groups excluding carboxylic acids is 1. The summed E-state index contributed by atoms with van der Waals surface area (Å²) in [5.41, 5.74) is 9.11. The summed E-state index contributed by atoms with van der Waals surface area (Å²) >= 11 is 0. The van der Waals surface area contributed by atoms with E-state index in [1.165, 1.54) is 30.5 Å². The minimum Gasteiger partial charge on any atom is -0.496 e. The van der Waals surface area contributed by atoms with Gasteiger partial charge in [-0.15, -0.1) is 0 Å². The molecule has 1 fully saturated rings. The van der Waals surface area contributed by atoms with Gasteiger partial charge in [0.1, 0.15) is 29.4 Å². The molecule has 2 amide bonds. The molecule has 5 rings (SSSR count). The molecule has 12 heteroatoms. The van der Waals surface area contributed by atoms with Crippen molar-refractivity contribution in [2.75, 3.05) is 25.9 Å². The Bertz CT molecular complexity index is 1520. The number of methoxy groups -OCH3 is 1. The lowest BCUT2D eigenvalue weighted by Gasteiger charge is -2.30. The van der Waals surface area contributed by atoms with Gasteiger partial charge in [0.2, 0.25) is 0 Å². The number of amides is 2. The van der Waals surface area contributed by atoms with E-state index in [0.29, 0.717) is 36.2 Å². The highest BCUT2D eigenvalue weighted by Crippen LogP contribution is 2.34. The average molecular weight is 520 g/mol. The zero-order valence-electron chi connectivity index (χ0n) is 20.6. The number of halogens is 1. The molecule has 4 aromatic rings. The molecule has 1 aliphatic heterocycles. The molecule has 0 bridgehead atoms. The number of fused-ring (bicyclic) bond motifs is 1. The molecule has 0 aliphatic carbocycles. The minimum absolute atomic E-state index is 0.146. The van der Waals surface area contributed by atoms with Crippen LogP contribution in [-0.4, -0.2) is 62.0 Å². The summed E-state index contributed by atoms with van der Waals surface area (Å²) in [5, 5.41) is 17.7. The van der Waals surface area contributed by atoms with Gasteiger partial charge in [0, 0.05) is 31.3 Å². The van der Waals surface area contributed by atoms with Crippen molar-refractivity contribution < 1.29 is 23.8 Å². The highest BCUT2D eigenvalue weighted by molar-refractivity contribution is 5.98. The zero-order valence-corrected chi connectivity index (χ0v) is 20.6. The molecule has 1 aliphatic rings. The number of benzene rings is 2. The van der Waals surface area contributed by atoms with Crippen LogP contribution in [-0.2, 0) is 6.54 Å². The maximum absolute atomic E-state index is 13.5. The Hall–Kier alpha value is -4.74. The van der Waals surface area contributed by atoms with E-state index in [1.807, 2.05) is 24.3 Å². The highest BCUT2D eigenvalue weighted by atomic mass is 19.1. The van der Waals surface area contributed by atoms with Crippen LogP contribution >= 0.6 is 0 Å². The number of hydrogen-bond donors (Lipinski definition) is 3. The van der Waals surface area contributed by atoms with Crippen molar-refractivity contribution in [2.24, 2.45) is 0 Å². The summed E-state index contributed by atoms with van der Waals surface area (Å²) in [5.74, 6) is -0.484. The van der Waals surface area contributed by atoms with Crippen LogP contribution in [0.5, 0.6) is 5.75 Å². The van der Waals surface area contributed by atoms with Crippen LogP contribution in [0.4, 0.5) is 15.0 Å². The van der Waals surface area contributed by atoms with Gasteiger partial charge in [0.05, 0.1) is 24.1 Å². The third-order valence-electron chi connectivity index (χ3n) is 6.59. The zero-order chi connectivity index (χ0) is 26.8. The molecule has 2 aromatic carbocycles. The number of ether oxygens (including phenoxy) is 1. The molecule has 0 saturated carbocycles. The summed E-state index contributed by atoms with van der Waals surface area (Å²) < 4.78 is 20.4.